The molecule has 0 aliphatic heterocycles. The summed E-state index contributed by atoms with van der Waals surface area (Å²) >= 11 is 0. The lowest BCUT2D eigenvalue weighted by Gasteiger charge is -2.16. The minimum Gasteiger partial charge on any atom is -0.496 e. The van der Waals surface area contributed by atoms with Crippen molar-refractivity contribution in [3.05, 3.63) is 72.3 Å². The maximum atomic E-state index is 9.10. The minimum atomic E-state index is -1.82. The molecule has 0 saturated heterocycles. The van der Waals surface area contributed by atoms with Crippen molar-refractivity contribution in [1.82, 2.24) is 0 Å². The zero-order chi connectivity index (χ0) is 21.2. The third-order valence-corrected chi connectivity index (χ3v) is 4.16. The van der Waals surface area contributed by atoms with Gasteiger partial charge in [-0.25, -0.2) is 9.59 Å². The van der Waals surface area contributed by atoms with Gasteiger partial charge in [0.15, 0.2) is 0 Å². The Hall–Kier alpha value is -3.58. The number of fused-ring (bicyclic) bond motifs is 1. The number of nitrogens with two attached hydrogens (primary N) is 1. The summed E-state index contributed by atoms with van der Waals surface area (Å²) in [5, 5.41) is 17.1. The maximum Gasteiger partial charge on any atom is 0.414 e. The van der Waals surface area contributed by atoms with E-state index in [4.69, 9.17) is 35.0 Å². The average Bonchev–Trinajstić information content (AvgIpc) is 2.74. The van der Waals surface area contributed by atoms with Crippen molar-refractivity contribution in [3.8, 4) is 11.5 Å². The zero-order valence-electron chi connectivity index (χ0n) is 15.9. The molecule has 1 unspecified atom stereocenters. The van der Waals surface area contributed by atoms with Gasteiger partial charge in [-0.15, -0.1) is 0 Å². The van der Waals surface area contributed by atoms with Crippen LogP contribution in [0, 0.1) is 0 Å². The molecule has 4 N–H and O–H groups in total. The Morgan fingerprint density at radius 3 is 2.17 bits per heavy atom. The van der Waals surface area contributed by atoms with E-state index >= 15 is 0 Å². The van der Waals surface area contributed by atoms with Gasteiger partial charge in [0.25, 0.3) is 0 Å². The third-order valence-electron chi connectivity index (χ3n) is 4.16. The summed E-state index contributed by atoms with van der Waals surface area (Å²) in [5.41, 5.74) is 7.30. The Labute approximate surface area is 168 Å². The molecule has 7 heteroatoms. The highest BCUT2D eigenvalue weighted by Crippen LogP contribution is 2.27. The van der Waals surface area contributed by atoms with Crippen LogP contribution < -0.4 is 15.2 Å². The van der Waals surface area contributed by atoms with E-state index in [0.717, 1.165) is 28.9 Å². The maximum absolute atomic E-state index is 9.10. The molecule has 3 aromatic rings. The van der Waals surface area contributed by atoms with Gasteiger partial charge in [0.1, 0.15) is 11.5 Å². The van der Waals surface area contributed by atoms with Gasteiger partial charge in [-0.2, -0.15) is 0 Å². The molecule has 0 heterocycles. The Balaban J connectivity index is 0.000000438. The normalized spacial score (nSPS) is 11.1. The predicted molar refractivity (Wildman–Crippen MR) is 109 cm³/mol. The number of methoxy groups -OCH3 is 1. The van der Waals surface area contributed by atoms with Crippen LogP contribution in [-0.4, -0.2) is 35.9 Å². The van der Waals surface area contributed by atoms with Crippen molar-refractivity contribution in [2.45, 2.75) is 12.5 Å². The van der Waals surface area contributed by atoms with Crippen LogP contribution in [0.15, 0.2) is 66.7 Å². The Kier molecular flexibility index (Phi) is 8.00. The standard InChI is InChI=1S/C20H21NO2.C2H2O4/c1-22-19-11-5-4-10-17(19)18(21)13-14-23-20-12-6-8-15-7-2-3-9-16(15)20;3-1(4)2(5)6/h2-12,18H,13-14,21H2,1H3;(H,3,4)(H,5,6). The molecular weight excluding hydrogens is 374 g/mol. The largest absolute Gasteiger partial charge is 0.496 e. The van der Waals surface area contributed by atoms with Crippen LogP contribution >= 0.6 is 0 Å². The van der Waals surface area contributed by atoms with Gasteiger partial charge in [0.05, 0.1) is 13.7 Å². The van der Waals surface area contributed by atoms with E-state index in [1.54, 1.807) is 7.11 Å². The molecule has 3 rings (SSSR count). The fourth-order valence-corrected chi connectivity index (χ4v) is 2.75. The second-order valence-electron chi connectivity index (χ2n) is 6.07. The lowest BCUT2D eigenvalue weighted by Crippen LogP contribution is -2.15. The van der Waals surface area contributed by atoms with Crippen LogP contribution in [0.4, 0.5) is 0 Å². The quantitative estimate of drug-likeness (QED) is 0.545. The molecule has 29 heavy (non-hydrogen) atoms. The monoisotopic (exact) mass is 397 g/mol. The number of hydrogen-bond acceptors (Lipinski definition) is 5. The number of benzene rings is 3. The van der Waals surface area contributed by atoms with Gasteiger partial charge in [0, 0.05) is 23.4 Å². The van der Waals surface area contributed by atoms with Crippen molar-refractivity contribution in [3.63, 3.8) is 0 Å². The van der Waals surface area contributed by atoms with Crippen LogP contribution in [0.25, 0.3) is 10.8 Å². The summed E-state index contributed by atoms with van der Waals surface area (Å²) in [4.78, 5) is 18.2. The lowest BCUT2D eigenvalue weighted by atomic mass is 10.0. The van der Waals surface area contributed by atoms with Crippen molar-refractivity contribution >= 4 is 22.7 Å². The van der Waals surface area contributed by atoms with E-state index in [2.05, 4.69) is 18.2 Å². The minimum absolute atomic E-state index is 0.110. The predicted octanol–water partition coefficient (Wildman–Crippen LogP) is 3.47. The van der Waals surface area contributed by atoms with Gasteiger partial charge in [-0.1, -0.05) is 54.6 Å². The lowest BCUT2D eigenvalue weighted by molar-refractivity contribution is -0.159. The number of ether oxygens (including phenoxy) is 2. The van der Waals surface area contributed by atoms with Gasteiger partial charge in [0.2, 0.25) is 0 Å². The highest BCUT2D eigenvalue weighted by atomic mass is 16.5. The van der Waals surface area contributed by atoms with E-state index in [-0.39, 0.29) is 6.04 Å². The van der Waals surface area contributed by atoms with E-state index in [1.807, 2.05) is 48.5 Å². The van der Waals surface area contributed by atoms with Gasteiger partial charge >= 0.3 is 11.9 Å². The van der Waals surface area contributed by atoms with Crippen LogP contribution in [0.2, 0.25) is 0 Å². The Bertz CT molecular complexity index is 955. The molecule has 0 fully saturated rings. The SMILES string of the molecule is COc1ccccc1C(N)CCOc1cccc2ccccc12.O=C(O)C(=O)O. The van der Waals surface area contributed by atoms with Crippen molar-refractivity contribution in [2.75, 3.05) is 13.7 Å². The summed E-state index contributed by atoms with van der Waals surface area (Å²) in [5.74, 6) is -1.93. The van der Waals surface area contributed by atoms with Crippen molar-refractivity contribution < 1.29 is 29.3 Å². The number of aliphatic carboxylic acids is 2. The molecule has 0 radical (unpaired) electrons. The zero-order valence-corrected chi connectivity index (χ0v) is 15.9. The summed E-state index contributed by atoms with van der Waals surface area (Å²) in [7, 11) is 1.66. The van der Waals surface area contributed by atoms with Gasteiger partial charge < -0.3 is 25.4 Å². The third kappa shape index (κ3) is 6.22. The molecule has 0 aliphatic rings. The van der Waals surface area contributed by atoms with Crippen molar-refractivity contribution in [2.24, 2.45) is 5.73 Å². The van der Waals surface area contributed by atoms with Gasteiger partial charge in [-0.3, -0.25) is 0 Å². The summed E-state index contributed by atoms with van der Waals surface area (Å²) < 4.78 is 11.3. The van der Waals surface area contributed by atoms with E-state index in [1.165, 1.54) is 5.39 Å². The first-order valence-corrected chi connectivity index (χ1v) is 8.89. The second-order valence-corrected chi connectivity index (χ2v) is 6.07. The highest BCUT2D eigenvalue weighted by Gasteiger charge is 2.11. The van der Waals surface area contributed by atoms with Crippen LogP contribution in [0.1, 0.15) is 18.0 Å². The smallest absolute Gasteiger partial charge is 0.414 e. The number of carboxylic acid groups (broad SMARTS) is 2. The number of para-hydroxylation sites is 1. The number of rotatable bonds is 6. The molecule has 3 aromatic carbocycles. The molecule has 0 amide bonds. The highest BCUT2D eigenvalue weighted by molar-refractivity contribution is 6.27. The summed E-state index contributed by atoms with van der Waals surface area (Å²) in [6, 6.07) is 22.1. The van der Waals surface area contributed by atoms with Crippen LogP contribution in [0.5, 0.6) is 11.5 Å². The topological polar surface area (TPSA) is 119 Å². The average molecular weight is 397 g/mol. The summed E-state index contributed by atoms with van der Waals surface area (Å²) in [6.07, 6.45) is 0.726. The van der Waals surface area contributed by atoms with E-state index < -0.39 is 11.9 Å². The molecule has 1 atom stereocenters. The molecule has 7 nitrogen and oxygen atoms in total. The van der Waals surface area contributed by atoms with E-state index in [9.17, 15) is 0 Å². The molecule has 0 bridgehead atoms. The first-order valence-electron chi connectivity index (χ1n) is 8.89. The summed E-state index contributed by atoms with van der Waals surface area (Å²) in [6.45, 7) is 0.563. The Morgan fingerprint density at radius 1 is 0.897 bits per heavy atom. The fourth-order valence-electron chi connectivity index (χ4n) is 2.75. The van der Waals surface area contributed by atoms with Crippen LogP contribution in [-0.2, 0) is 9.59 Å². The molecule has 0 aromatic heterocycles. The number of hydrogen-bond donors (Lipinski definition) is 3. The number of carbonyl (C=O) groups is 2. The Morgan fingerprint density at radius 2 is 1.48 bits per heavy atom. The molecule has 0 spiro atoms. The fraction of sp³-hybridized carbons (Fsp3) is 0.182. The first kappa shape index (κ1) is 21.7. The number of carboxylic acids is 2. The molecule has 152 valence electrons. The van der Waals surface area contributed by atoms with Crippen molar-refractivity contribution in [1.29, 1.82) is 0 Å². The second kappa shape index (κ2) is 10.7. The molecular formula is C22H23NO6. The van der Waals surface area contributed by atoms with Crippen LogP contribution in [0.3, 0.4) is 0 Å². The molecule has 0 saturated carbocycles. The molecule has 0 aliphatic carbocycles. The van der Waals surface area contributed by atoms with Gasteiger partial charge in [-0.05, 0) is 17.5 Å². The van der Waals surface area contributed by atoms with E-state index in [0.29, 0.717) is 6.61 Å². The first-order chi connectivity index (χ1) is 13.9.